The van der Waals surface area contributed by atoms with E-state index in [1.54, 1.807) is 36.4 Å². The molecule has 4 aromatic rings. The third kappa shape index (κ3) is 3.76. The molecular formula is C20H15N5OS. The summed E-state index contributed by atoms with van der Waals surface area (Å²) in [7, 11) is 0. The van der Waals surface area contributed by atoms with Gasteiger partial charge >= 0.3 is 0 Å². The molecule has 0 amide bonds. The van der Waals surface area contributed by atoms with E-state index >= 15 is 0 Å². The summed E-state index contributed by atoms with van der Waals surface area (Å²) in [6, 6.07) is 19.1. The van der Waals surface area contributed by atoms with E-state index in [0.717, 1.165) is 27.5 Å². The van der Waals surface area contributed by atoms with Crippen LogP contribution >= 0.6 is 11.8 Å². The van der Waals surface area contributed by atoms with Crippen molar-refractivity contribution in [1.82, 2.24) is 19.7 Å². The summed E-state index contributed by atoms with van der Waals surface area (Å²) in [5, 5.41) is 15.2. The first-order valence-electron chi connectivity index (χ1n) is 8.35. The van der Waals surface area contributed by atoms with Crippen molar-refractivity contribution in [2.45, 2.75) is 5.03 Å². The van der Waals surface area contributed by atoms with Crippen LogP contribution in [-0.2, 0) is 0 Å². The van der Waals surface area contributed by atoms with Gasteiger partial charge in [0.15, 0.2) is 5.65 Å². The smallest absolute Gasteiger partial charge is 0.167 e. The summed E-state index contributed by atoms with van der Waals surface area (Å²) >= 11 is 1.59. The van der Waals surface area contributed by atoms with E-state index in [2.05, 4.69) is 21.1 Å². The van der Waals surface area contributed by atoms with E-state index in [1.807, 2.05) is 47.1 Å². The Hall–Kier alpha value is -3.37. The average Bonchev–Trinajstić information content (AvgIpc) is 3.17. The quantitative estimate of drug-likeness (QED) is 0.290. The minimum Gasteiger partial charge on any atom is -0.493 e. The zero-order chi connectivity index (χ0) is 18.5. The molecule has 0 saturated heterocycles. The molecule has 2 heterocycles. The third-order valence-electron chi connectivity index (χ3n) is 3.88. The molecule has 0 fully saturated rings. The highest BCUT2D eigenvalue weighted by Gasteiger charge is 2.11. The van der Waals surface area contributed by atoms with Gasteiger partial charge in [0.2, 0.25) is 0 Å². The van der Waals surface area contributed by atoms with Crippen molar-refractivity contribution in [2.75, 3.05) is 12.4 Å². The van der Waals surface area contributed by atoms with Crippen LogP contribution in [0.5, 0.6) is 5.75 Å². The molecule has 0 aliphatic rings. The predicted octanol–water partition coefficient (Wildman–Crippen LogP) is 3.86. The van der Waals surface area contributed by atoms with E-state index in [4.69, 9.17) is 10.00 Å². The minimum absolute atomic E-state index is 0.512. The van der Waals surface area contributed by atoms with Crippen LogP contribution in [-0.4, -0.2) is 32.1 Å². The Morgan fingerprint density at radius 2 is 1.96 bits per heavy atom. The predicted molar refractivity (Wildman–Crippen MR) is 104 cm³/mol. The zero-order valence-corrected chi connectivity index (χ0v) is 15.1. The molecule has 4 rings (SSSR count). The molecule has 2 aromatic carbocycles. The number of nitrogens with zero attached hydrogens (tertiary/aromatic N) is 5. The number of thioether (sulfide) groups is 1. The molecule has 0 atom stereocenters. The molecule has 0 saturated carbocycles. The molecule has 0 spiro atoms. The number of benzene rings is 2. The van der Waals surface area contributed by atoms with Crippen molar-refractivity contribution in [3.63, 3.8) is 0 Å². The van der Waals surface area contributed by atoms with Gasteiger partial charge in [0.1, 0.15) is 17.1 Å². The summed E-state index contributed by atoms with van der Waals surface area (Å²) in [6.07, 6.45) is 3.35. The third-order valence-corrected chi connectivity index (χ3v) is 4.85. The molecule has 7 heteroatoms. The Bertz CT molecular complexity index is 1100. The second-order valence-corrected chi connectivity index (χ2v) is 6.73. The number of fused-ring (bicyclic) bond motifs is 1. The lowest BCUT2D eigenvalue weighted by Crippen LogP contribution is -2.01. The average molecular weight is 373 g/mol. The lowest BCUT2D eigenvalue weighted by Gasteiger charge is -2.06. The number of rotatable bonds is 6. The van der Waals surface area contributed by atoms with Crippen LogP contribution < -0.4 is 4.74 Å². The number of aromatic nitrogens is 4. The van der Waals surface area contributed by atoms with Crippen molar-refractivity contribution in [2.24, 2.45) is 0 Å². The van der Waals surface area contributed by atoms with Crippen molar-refractivity contribution in [3.05, 3.63) is 72.7 Å². The Morgan fingerprint density at radius 3 is 2.81 bits per heavy atom. The van der Waals surface area contributed by atoms with Crippen LogP contribution in [0.1, 0.15) is 5.56 Å². The van der Waals surface area contributed by atoms with Gasteiger partial charge in [-0.3, -0.25) is 0 Å². The molecule has 6 nitrogen and oxygen atoms in total. The highest BCUT2D eigenvalue weighted by Crippen LogP contribution is 2.25. The molecule has 0 unspecified atom stereocenters. The summed E-state index contributed by atoms with van der Waals surface area (Å²) < 4.78 is 7.53. The van der Waals surface area contributed by atoms with Crippen molar-refractivity contribution in [1.29, 1.82) is 5.26 Å². The van der Waals surface area contributed by atoms with Gasteiger partial charge in [-0.2, -0.15) is 10.4 Å². The SMILES string of the molecule is N#Cc1cccc(OCCSc2ncnc3c2cnn3-c2ccccc2)c1. The van der Waals surface area contributed by atoms with Gasteiger partial charge in [0.25, 0.3) is 0 Å². The van der Waals surface area contributed by atoms with Crippen LogP contribution in [0.2, 0.25) is 0 Å². The van der Waals surface area contributed by atoms with Crippen molar-refractivity contribution in [3.8, 4) is 17.5 Å². The fourth-order valence-electron chi connectivity index (χ4n) is 2.65. The van der Waals surface area contributed by atoms with E-state index in [9.17, 15) is 0 Å². The van der Waals surface area contributed by atoms with Crippen LogP contribution in [0.3, 0.4) is 0 Å². The summed E-state index contributed by atoms with van der Waals surface area (Å²) in [4.78, 5) is 8.77. The van der Waals surface area contributed by atoms with E-state index < -0.39 is 0 Å². The molecule has 0 aliphatic carbocycles. The first kappa shape index (κ1) is 17.1. The number of hydrogen-bond acceptors (Lipinski definition) is 6. The topological polar surface area (TPSA) is 76.6 Å². The Balaban J connectivity index is 1.45. The maximum atomic E-state index is 8.94. The van der Waals surface area contributed by atoms with E-state index in [0.29, 0.717) is 17.9 Å². The highest BCUT2D eigenvalue weighted by atomic mass is 32.2. The van der Waals surface area contributed by atoms with Crippen LogP contribution in [0.4, 0.5) is 0 Å². The maximum Gasteiger partial charge on any atom is 0.167 e. The van der Waals surface area contributed by atoms with Crippen molar-refractivity contribution < 1.29 is 4.74 Å². The van der Waals surface area contributed by atoms with Gasteiger partial charge < -0.3 is 4.74 Å². The summed E-state index contributed by atoms with van der Waals surface area (Å²) in [6.45, 7) is 0.512. The molecule has 27 heavy (non-hydrogen) atoms. The zero-order valence-electron chi connectivity index (χ0n) is 14.3. The Morgan fingerprint density at radius 1 is 1.07 bits per heavy atom. The Labute approximate surface area is 160 Å². The standard InChI is InChI=1S/C20H15N5OS/c21-12-15-5-4-8-17(11-15)26-9-10-27-20-18-13-24-25(19(18)22-14-23-20)16-6-2-1-3-7-16/h1-8,11,13-14H,9-10H2. The second-order valence-electron chi connectivity index (χ2n) is 5.64. The Kier molecular flexibility index (Phi) is 4.99. The number of para-hydroxylation sites is 1. The molecule has 132 valence electrons. The fourth-order valence-corrected chi connectivity index (χ4v) is 3.43. The molecular weight excluding hydrogens is 358 g/mol. The lowest BCUT2D eigenvalue weighted by atomic mass is 10.2. The largest absolute Gasteiger partial charge is 0.493 e. The number of ether oxygens (including phenoxy) is 1. The second kappa shape index (κ2) is 7.89. The fraction of sp³-hybridized carbons (Fsp3) is 0.100. The van der Waals surface area contributed by atoms with Gasteiger partial charge in [0, 0.05) is 5.75 Å². The van der Waals surface area contributed by atoms with Gasteiger partial charge in [0.05, 0.1) is 35.5 Å². The summed E-state index contributed by atoms with van der Waals surface area (Å²) in [5.41, 5.74) is 2.33. The molecule has 0 aliphatic heterocycles. The van der Waals surface area contributed by atoms with Crippen LogP contribution in [0, 0.1) is 11.3 Å². The van der Waals surface area contributed by atoms with E-state index in [-0.39, 0.29) is 0 Å². The normalized spacial score (nSPS) is 10.6. The monoisotopic (exact) mass is 373 g/mol. The molecule has 0 N–H and O–H groups in total. The molecule has 0 radical (unpaired) electrons. The van der Waals surface area contributed by atoms with E-state index in [1.165, 1.54) is 0 Å². The number of nitriles is 1. The summed E-state index contributed by atoms with van der Waals surface area (Å²) in [5.74, 6) is 1.42. The first-order chi connectivity index (χ1) is 13.3. The van der Waals surface area contributed by atoms with Crippen LogP contribution in [0.25, 0.3) is 16.7 Å². The van der Waals surface area contributed by atoms with Crippen LogP contribution in [0.15, 0.2) is 72.1 Å². The van der Waals surface area contributed by atoms with Crippen molar-refractivity contribution >= 4 is 22.8 Å². The first-order valence-corrected chi connectivity index (χ1v) is 9.33. The van der Waals surface area contributed by atoms with Gasteiger partial charge in [-0.25, -0.2) is 14.6 Å². The molecule has 2 aromatic heterocycles. The highest BCUT2D eigenvalue weighted by molar-refractivity contribution is 7.99. The van der Waals surface area contributed by atoms with Gasteiger partial charge in [-0.1, -0.05) is 24.3 Å². The van der Waals surface area contributed by atoms with Gasteiger partial charge in [-0.05, 0) is 30.3 Å². The minimum atomic E-state index is 0.512. The van der Waals surface area contributed by atoms with Gasteiger partial charge in [-0.15, -0.1) is 11.8 Å². The maximum absolute atomic E-state index is 8.94. The lowest BCUT2D eigenvalue weighted by molar-refractivity contribution is 0.344. The number of hydrogen-bond donors (Lipinski definition) is 0. The molecule has 0 bridgehead atoms.